The summed E-state index contributed by atoms with van der Waals surface area (Å²) in [5, 5.41) is 14.3. The zero-order valence-corrected chi connectivity index (χ0v) is 12.6. The van der Waals surface area contributed by atoms with Gasteiger partial charge in [-0.05, 0) is 47.3 Å². The maximum Gasteiger partial charge on any atom is 0.0424 e. The van der Waals surface area contributed by atoms with Gasteiger partial charge in [-0.3, -0.25) is 0 Å². The zero-order valence-electron chi connectivity index (χ0n) is 12.6. The van der Waals surface area contributed by atoms with Gasteiger partial charge < -0.3 is 15.5 Å². The van der Waals surface area contributed by atoms with Crippen LogP contribution in [0.25, 0.3) is 10.8 Å². The smallest absolute Gasteiger partial charge is 0.0424 e. The van der Waals surface area contributed by atoms with Gasteiger partial charge in [0.1, 0.15) is 0 Å². The van der Waals surface area contributed by atoms with Gasteiger partial charge in [-0.25, -0.2) is 0 Å². The highest BCUT2D eigenvalue weighted by Crippen LogP contribution is 2.50. The molecule has 2 N–H and O–H groups in total. The molecule has 2 aliphatic rings. The second-order valence-corrected chi connectivity index (χ2v) is 5.90. The largest absolute Gasteiger partial charge is 0.388 e. The van der Waals surface area contributed by atoms with Crippen LogP contribution in [-0.4, -0.2) is 33.0 Å². The van der Waals surface area contributed by atoms with E-state index in [4.69, 9.17) is 5.41 Å². The molecule has 0 bridgehead atoms. The zero-order chi connectivity index (χ0) is 14.8. The predicted molar refractivity (Wildman–Crippen MR) is 87.0 cm³/mol. The first-order valence-corrected chi connectivity index (χ1v) is 7.44. The van der Waals surface area contributed by atoms with Crippen LogP contribution in [0.3, 0.4) is 0 Å². The average molecular weight is 282 g/mol. The molecule has 2 fully saturated rings. The molecule has 3 heteroatoms. The van der Waals surface area contributed by atoms with Crippen molar-refractivity contribution in [3.05, 3.63) is 48.0 Å². The van der Waals surface area contributed by atoms with Gasteiger partial charge in [0.25, 0.3) is 0 Å². The van der Waals surface area contributed by atoms with E-state index < -0.39 is 0 Å². The molecule has 1 aliphatic carbocycles. The van der Waals surface area contributed by atoms with Gasteiger partial charge in [0.15, 0.2) is 0 Å². The summed E-state index contributed by atoms with van der Waals surface area (Å²) in [6.45, 7) is 2.20. The van der Waals surface area contributed by atoms with Crippen LogP contribution in [-0.2, 0) is 4.74 Å². The molecule has 1 heterocycles. The van der Waals surface area contributed by atoms with Gasteiger partial charge in [0.05, 0.1) is 0 Å². The Hall–Kier alpha value is -1.71. The Bertz CT molecular complexity index is 642. The molecule has 2 unspecified atom stereocenters. The van der Waals surface area contributed by atoms with E-state index in [0.29, 0.717) is 5.92 Å². The lowest BCUT2D eigenvalue weighted by Crippen LogP contribution is -2.19. The van der Waals surface area contributed by atoms with Crippen LogP contribution < -0.4 is 5.32 Å². The number of piperidine rings is 1. The van der Waals surface area contributed by atoms with Crippen LogP contribution in [0.1, 0.15) is 5.56 Å². The molecule has 21 heavy (non-hydrogen) atoms. The molecule has 4 rings (SSSR count). The molecule has 0 aromatic heterocycles. The minimum Gasteiger partial charge on any atom is -0.388 e. The normalized spacial score (nSPS) is 25.9. The maximum atomic E-state index is 8.39. The van der Waals surface area contributed by atoms with E-state index in [0.717, 1.165) is 36.2 Å². The summed E-state index contributed by atoms with van der Waals surface area (Å²) < 4.78 is 4.25. The van der Waals surface area contributed by atoms with E-state index in [1.54, 1.807) is 14.2 Å². The third-order valence-electron chi connectivity index (χ3n) is 4.49. The quantitative estimate of drug-likeness (QED) is 0.832. The van der Waals surface area contributed by atoms with Crippen molar-refractivity contribution >= 4 is 16.5 Å². The first-order chi connectivity index (χ1) is 10.3. The summed E-state index contributed by atoms with van der Waals surface area (Å²) in [7, 11) is 3.25. The number of fused-ring (bicyclic) bond motifs is 2. The van der Waals surface area contributed by atoms with Crippen LogP contribution in [0.15, 0.2) is 42.5 Å². The third kappa shape index (κ3) is 2.71. The number of ether oxygens (including phenoxy) is 1. The molecule has 1 saturated heterocycles. The predicted octanol–water partition coefficient (Wildman–Crippen LogP) is 2.94. The van der Waals surface area contributed by atoms with E-state index in [9.17, 15) is 0 Å². The molecule has 2 atom stereocenters. The van der Waals surface area contributed by atoms with Gasteiger partial charge in [-0.15, -0.1) is 0 Å². The first kappa shape index (κ1) is 14.2. The van der Waals surface area contributed by atoms with E-state index in [1.807, 2.05) is 0 Å². The summed E-state index contributed by atoms with van der Waals surface area (Å²) in [5.41, 5.74) is 1.95. The summed E-state index contributed by atoms with van der Waals surface area (Å²) >= 11 is 0. The Balaban J connectivity index is 0.000000409. The van der Waals surface area contributed by atoms with Gasteiger partial charge in [0, 0.05) is 25.8 Å². The third-order valence-corrected chi connectivity index (χ3v) is 4.49. The minimum absolute atomic E-state index is 0.507. The second kappa shape index (κ2) is 5.96. The van der Waals surface area contributed by atoms with Crippen LogP contribution in [0.5, 0.6) is 0 Å². The van der Waals surface area contributed by atoms with Gasteiger partial charge >= 0.3 is 0 Å². The van der Waals surface area contributed by atoms with Crippen molar-refractivity contribution in [3.8, 4) is 0 Å². The van der Waals surface area contributed by atoms with E-state index in [-0.39, 0.29) is 0 Å². The molecular weight excluding hydrogens is 260 g/mol. The molecule has 0 radical (unpaired) electrons. The van der Waals surface area contributed by atoms with Crippen molar-refractivity contribution in [3.63, 3.8) is 0 Å². The lowest BCUT2D eigenvalue weighted by atomic mass is 10.00. The van der Waals surface area contributed by atoms with Crippen LogP contribution in [0.2, 0.25) is 0 Å². The molecule has 3 nitrogen and oxygen atoms in total. The van der Waals surface area contributed by atoms with Crippen LogP contribution >= 0.6 is 0 Å². The van der Waals surface area contributed by atoms with E-state index >= 15 is 0 Å². The molecule has 2 aromatic carbocycles. The lowest BCUT2D eigenvalue weighted by Gasteiger charge is -2.08. The van der Waals surface area contributed by atoms with Crippen LogP contribution in [0, 0.1) is 23.2 Å². The Morgan fingerprint density at radius 1 is 1.05 bits per heavy atom. The Kier molecular flexibility index (Phi) is 4.04. The Morgan fingerprint density at radius 2 is 1.67 bits per heavy atom. The average Bonchev–Trinajstić information content (AvgIpc) is 2.99. The summed E-state index contributed by atoms with van der Waals surface area (Å²) in [6.07, 6.45) is 0. The van der Waals surface area contributed by atoms with Crippen molar-refractivity contribution in [1.29, 1.82) is 5.41 Å². The molecule has 0 spiro atoms. The van der Waals surface area contributed by atoms with Crippen molar-refractivity contribution in [2.75, 3.05) is 27.3 Å². The topological polar surface area (TPSA) is 45.1 Å². The number of hydrogen-bond acceptors (Lipinski definition) is 3. The highest BCUT2D eigenvalue weighted by molar-refractivity contribution is 6.04. The summed E-state index contributed by atoms with van der Waals surface area (Å²) in [5.74, 6) is 1.96. The van der Waals surface area contributed by atoms with Gasteiger partial charge in [0.2, 0.25) is 0 Å². The van der Waals surface area contributed by atoms with Crippen molar-refractivity contribution < 1.29 is 4.74 Å². The number of hydrogen-bond donors (Lipinski definition) is 2. The molecule has 0 amide bonds. The highest BCUT2D eigenvalue weighted by atomic mass is 16.4. The van der Waals surface area contributed by atoms with Crippen molar-refractivity contribution in [2.45, 2.75) is 0 Å². The molecule has 2 aromatic rings. The molecule has 1 aliphatic heterocycles. The first-order valence-electron chi connectivity index (χ1n) is 7.44. The number of benzene rings is 2. The molecular formula is C18H22N2O. The van der Waals surface area contributed by atoms with Crippen molar-refractivity contribution in [1.82, 2.24) is 5.32 Å². The maximum absolute atomic E-state index is 8.39. The fourth-order valence-corrected chi connectivity index (χ4v) is 3.40. The monoisotopic (exact) mass is 282 g/mol. The molecule has 110 valence electrons. The fraction of sp³-hybridized carbons (Fsp3) is 0.389. The highest BCUT2D eigenvalue weighted by Gasteiger charge is 2.54. The summed E-state index contributed by atoms with van der Waals surface area (Å²) in [4.78, 5) is 0. The summed E-state index contributed by atoms with van der Waals surface area (Å²) in [6, 6.07) is 14.8. The number of rotatable bonds is 2. The Labute approximate surface area is 125 Å². The van der Waals surface area contributed by atoms with E-state index in [2.05, 4.69) is 52.5 Å². The second-order valence-electron chi connectivity index (χ2n) is 5.90. The minimum atomic E-state index is 0.507. The fourth-order valence-electron chi connectivity index (χ4n) is 3.40. The molecule has 1 saturated carbocycles. The van der Waals surface area contributed by atoms with Crippen molar-refractivity contribution in [2.24, 2.45) is 17.8 Å². The van der Waals surface area contributed by atoms with Crippen LogP contribution in [0.4, 0.5) is 0 Å². The standard InChI is InChI=1S/C16H16N2.C2H6O/c17-16(15-13-8-18-9-14(13)15)12-6-5-10-3-1-2-4-11(10)7-12;1-3-2/h1-7,13-15,17-18H,8-9H2;1-2H3. The Morgan fingerprint density at radius 3 is 2.33 bits per heavy atom. The SMILES string of the molecule is COC.N=C(c1ccc2ccccc2c1)C1C2CNCC21. The lowest BCUT2D eigenvalue weighted by molar-refractivity contribution is 0.277. The van der Waals surface area contributed by atoms with Gasteiger partial charge in [-0.2, -0.15) is 0 Å². The van der Waals surface area contributed by atoms with E-state index in [1.165, 1.54) is 10.8 Å². The number of methoxy groups -OCH3 is 1. The number of nitrogens with one attached hydrogen (secondary N) is 2. The van der Waals surface area contributed by atoms with Gasteiger partial charge in [-0.1, -0.05) is 36.4 Å².